The van der Waals surface area contributed by atoms with Crippen molar-refractivity contribution < 1.29 is 4.74 Å². The van der Waals surface area contributed by atoms with Gasteiger partial charge in [0.1, 0.15) is 11.6 Å². The molecule has 1 saturated heterocycles. The highest BCUT2D eigenvalue weighted by atomic mass is 16.5. The summed E-state index contributed by atoms with van der Waals surface area (Å²) in [7, 11) is 3.84. The van der Waals surface area contributed by atoms with E-state index in [1.165, 1.54) is 12.8 Å². The Labute approximate surface area is 162 Å². The lowest BCUT2D eigenvalue weighted by Crippen LogP contribution is -2.47. The quantitative estimate of drug-likeness (QED) is 0.746. The fraction of sp³-hybridized carbons (Fsp3) is 0.524. The van der Waals surface area contributed by atoms with Gasteiger partial charge in [-0.3, -0.25) is 0 Å². The van der Waals surface area contributed by atoms with Crippen LogP contribution in [0.2, 0.25) is 0 Å². The third kappa shape index (κ3) is 4.62. The SMILES string of the molecule is CCCCN(C)c1cc(C)nc(N2CCN(c3ccccc3OC)CC2)n1. The fourth-order valence-corrected chi connectivity index (χ4v) is 3.42. The molecule has 2 heterocycles. The van der Waals surface area contributed by atoms with Gasteiger partial charge in [-0.1, -0.05) is 25.5 Å². The molecule has 2 aromatic rings. The molecule has 0 unspecified atom stereocenters. The molecule has 1 aliphatic rings. The summed E-state index contributed by atoms with van der Waals surface area (Å²) in [5.74, 6) is 2.78. The number of methoxy groups -OCH3 is 1. The number of aryl methyl sites for hydroxylation is 1. The number of benzene rings is 1. The van der Waals surface area contributed by atoms with Crippen LogP contribution in [0.5, 0.6) is 5.75 Å². The standard InChI is InChI=1S/C21H31N5O/c1-5-6-11-24(3)20-16-17(2)22-21(23-20)26-14-12-25(13-15-26)18-9-7-8-10-19(18)27-4/h7-10,16H,5-6,11-15H2,1-4H3. The Morgan fingerprint density at radius 1 is 1.07 bits per heavy atom. The van der Waals surface area contributed by atoms with Gasteiger partial charge in [-0.25, -0.2) is 4.98 Å². The van der Waals surface area contributed by atoms with Gasteiger partial charge in [0.25, 0.3) is 0 Å². The third-order valence-electron chi connectivity index (χ3n) is 5.06. The van der Waals surface area contributed by atoms with Crippen molar-refractivity contribution >= 4 is 17.5 Å². The van der Waals surface area contributed by atoms with Crippen LogP contribution in [-0.4, -0.2) is 56.8 Å². The minimum absolute atomic E-state index is 0.841. The smallest absolute Gasteiger partial charge is 0.227 e. The summed E-state index contributed by atoms with van der Waals surface area (Å²) >= 11 is 0. The van der Waals surface area contributed by atoms with E-state index in [1.807, 2.05) is 19.1 Å². The summed E-state index contributed by atoms with van der Waals surface area (Å²) in [5, 5.41) is 0. The lowest BCUT2D eigenvalue weighted by molar-refractivity contribution is 0.413. The van der Waals surface area contributed by atoms with E-state index in [2.05, 4.69) is 46.9 Å². The Balaban J connectivity index is 1.69. The predicted octanol–water partition coefficient (Wildman–Crippen LogP) is 3.36. The Hall–Kier alpha value is -2.50. The number of unbranched alkanes of at least 4 members (excludes halogenated alkanes) is 1. The van der Waals surface area contributed by atoms with Gasteiger partial charge in [-0.2, -0.15) is 4.98 Å². The average Bonchev–Trinajstić information content (AvgIpc) is 2.71. The molecule has 3 rings (SSSR count). The third-order valence-corrected chi connectivity index (χ3v) is 5.06. The zero-order chi connectivity index (χ0) is 19.2. The Bertz CT molecular complexity index is 743. The van der Waals surface area contributed by atoms with Crippen LogP contribution in [0.1, 0.15) is 25.5 Å². The first-order chi connectivity index (χ1) is 13.1. The fourth-order valence-electron chi connectivity index (χ4n) is 3.42. The van der Waals surface area contributed by atoms with Gasteiger partial charge in [0.15, 0.2) is 0 Å². The molecular weight excluding hydrogens is 338 g/mol. The number of hydrogen-bond donors (Lipinski definition) is 0. The van der Waals surface area contributed by atoms with Gasteiger partial charge in [0.05, 0.1) is 12.8 Å². The van der Waals surface area contributed by atoms with E-state index in [1.54, 1.807) is 7.11 Å². The summed E-state index contributed by atoms with van der Waals surface area (Å²) in [6.07, 6.45) is 2.36. The molecule has 1 aromatic heterocycles. The van der Waals surface area contributed by atoms with Gasteiger partial charge in [-0.15, -0.1) is 0 Å². The molecule has 0 radical (unpaired) electrons. The first-order valence-corrected chi connectivity index (χ1v) is 9.82. The second kappa shape index (κ2) is 8.93. The largest absolute Gasteiger partial charge is 0.495 e. The maximum atomic E-state index is 5.51. The van der Waals surface area contributed by atoms with Gasteiger partial charge in [-0.05, 0) is 25.5 Å². The van der Waals surface area contributed by atoms with Crippen molar-refractivity contribution in [3.05, 3.63) is 36.0 Å². The highest BCUT2D eigenvalue weighted by Gasteiger charge is 2.22. The van der Waals surface area contributed by atoms with E-state index in [9.17, 15) is 0 Å². The molecule has 1 fully saturated rings. The molecule has 6 nitrogen and oxygen atoms in total. The number of ether oxygens (including phenoxy) is 1. The summed E-state index contributed by atoms with van der Waals surface area (Å²) < 4.78 is 5.51. The molecule has 0 N–H and O–H groups in total. The molecule has 0 amide bonds. The molecule has 6 heteroatoms. The van der Waals surface area contributed by atoms with E-state index in [4.69, 9.17) is 14.7 Å². The number of anilines is 3. The minimum Gasteiger partial charge on any atom is -0.495 e. The predicted molar refractivity (Wildman–Crippen MR) is 112 cm³/mol. The topological polar surface area (TPSA) is 44.7 Å². The Morgan fingerprint density at radius 2 is 1.78 bits per heavy atom. The van der Waals surface area contributed by atoms with E-state index < -0.39 is 0 Å². The number of nitrogens with zero attached hydrogens (tertiary/aromatic N) is 5. The molecule has 146 valence electrons. The van der Waals surface area contributed by atoms with Crippen LogP contribution in [-0.2, 0) is 0 Å². The lowest BCUT2D eigenvalue weighted by atomic mass is 10.2. The Morgan fingerprint density at radius 3 is 2.48 bits per heavy atom. The first-order valence-electron chi connectivity index (χ1n) is 9.82. The maximum absolute atomic E-state index is 5.51. The van der Waals surface area contributed by atoms with Crippen molar-refractivity contribution in [3.8, 4) is 5.75 Å². The monoisotopic (exact) mass is 369 g/mol. The lowest BCUT2D eigenvalue weighted by Gasteiger charge is -2.37. The maximum Gasteiger partial charge on any atom is 0.227 e. The number of rotatable bonds is 7. The van der Waals surface area contributed by atoms with Crippen LogP contribution < -0.4 is 19.4 Å². The summed E-state index contributed by atoms with van der Waals surface area (Å²) in [6, 6.07) is 10.3. The zero-order valence-electron chi connectivity index (χ0n) is 17.0. The highest BCUT2D eigenvalue weighted by Crippen LogP contribution is 2.29. The summed E-state index contributed by atoms with van der Waals surface area (Å²) in [4.78, 5) is 16.4. The van der Waals surface area contributed by atoms with Gasteiger partial charge in [0.2, 0.25) is 5.95 Å². The van der Waals surface area contributed by atoms with E-state index in [0.29, 0.717) is 0 Å². The van der Waals surface area contributed by atoms with Crippen molar-refractivity contribution in [2.75, 3.05) is 61.6 Å². The van der Waals surface area contributed by atoms with Crippen molar-refractivity contribution in [3.63, 3.8) is 0 Å². The molecule has 0 aliphatic carbocycles. The van der Waals surface area contributed by atoms with Crippen molar-refractivity contribution in [2.45, 2.75) is 26.7 Å². The number of para-hydroxylation sites is 2. The van der Waals surface area contributed by atoms with Gasteiger partial charge < -0.3 is 19.4 Å². The Kier molecular flexibility index (Phi) is 6.37. The molecule has 27 heavy (non-hydrogen) atoms. The molecule has 0 saturated carbocycles. The minimum atomic E-state index is 0.841. The number of piperazine rings is 1. The van der Waals surface area contributed by atoms with Crippen LogP contribution >= 0.6 is 0 Å². The van der Waals surface area contributed by atoms with Crippen LogP contribution in [0.15, 0.2) is 30.3 Å². The molecule has 0 spiro atoms. The molecule has 1 aliphatic heterocycles. The normalized spacial score (nSPS) is 14.4. The van der Waals surface area contributed by atoms with Crippen LogP contribution in [0.25, 0.3) is 0 Å². The molecule has 0 bridgehead atoms. The zero-order valence-corrected chi connectivity index (χ0v) is 17.0. The van der Waals surface area contributed by atoms with Crippen LogP contribution in [0, 0.1) is 6.92 Å². The average molecular weight is 370 g/mol. The van der Waals surface area contributed by atoms with E-state index in [0.717, 1.165) is 61.6 Å². The second-order valence-corrected chi connectivity index (χ2v) is 7.09. The summed E-state index contributed by atoms with van der Waals surface area (Å²) in [6.45, 7) is 8.95. The number of aromatic nitrogens is 2. The molecule has 0 atom stereocenters. The van der Waals surface area contributed by atoms with Crippen LogP contribution in [0.3, 0.4) is 0 Å². The van der Waals surface area contributed by atoms with Crippen molar-refractivity contribution in [1.29, 1.82) is 0 Å². The molecule has 1 aromatic carbocycles. The van der Waals surface area contributed by atoms with Crippen molar-refractivity contribution in [2.24, 2.45) is 0 Å². The first kappa shape index (κ1) is 19.3. The van der Waals surface area contributed by atoms with Crippen LogP contribution in [0.4, 0.5) is 17.5 Å². The number of hydrogen-bond acceptors (Lipinski definition) is 6. The van der Waals surface area contributed by atoms with Gasteiger partial charge in [0, 0.05) is 51.5 Å². The van der Waals surface area contributed by atoms with E-state index >= 15 is 0 Å². The summed E-state index contributed by atoms with van der Waals surface area (Å²) in [5.41, 5.74) is 2.18. The molecular formula is C21H31N5O. The van der Waals surface area contributed by atoms with Gasteiger partial charge >= 0.3 is 0 Å². The van der Waals surface area contributed by atoms with E-state index in [-0.39, 0.29) is 0 Å². The van der Waals surface area contributed by atoms with Crippen molar-refractivity contribution in [1.82, 2.24) is 9.97 Å². The highest BCUT2D eigenvalue weighted by molar-refractivity contribution is 5.59. The second-order valence-electron chi connectivity index (χ2n) is 7.09.